The standard InChI is InChI=1S/C25H29N7O5S/c1-5-37-23(24-27-13-16(2)14-28-24)18(31-38(33)34)12-21-29-30-25(17-8-7-11-26-15-17)32(21)22-19(35-3)9-6-10-20(22)36-4/h6-11,13-15,18,23,38H,5,12H2,1-4H3,(H,31,33,34)/t18-,23-/m0/s1. The molecule has 12 nitrogen and oxygen atoms in total. The van der Waals surface area contributed by atoms with Gasteiger partial charge in [-0.05, 0) is 43.7 Å². The van der Waals surface area contributed by atoms with Gasteiger partial charge in [-0.15, -0.1) is 10.2 Å². The fourth-order valence-electron chi connectivity index (χ4n) is 4.07. The van der Waals surface area contributed by atoms with Crippen molar-refractivity contribution in [3.05, 3.63) is 72.3 Å². The van der Waals surface area contributed by atoms with Crippen LogP contribution < -0.4 is 14.2 Å². The first-order chi connectivity index (χ1) is 18.5. The molecule has 0 fully saturated rings. The van der Waals surface area contributed by atoms with E-state index in [2.05, 4.69) is 29.9 Å². The number of para-hydroxylation sites is 1. The first-order valence-corrected chi connectivity index (χ1v) is 13.0. The molecular formula is C25H29N7O5S. The van der Waals surface area contributed by atoms with Crippen LogP contribution in [0.15, 0.2) is 55.1 Å². The Hall–Kier alpha value is -3.94. The van der Waals surface area contributed by atoms with Gasteiger partial charge in [0, 0.05) is 43.4 Å². The molecule has 0 amide bonds. The number of pyridine rings is 1. The molecule has 200 valence electrons. The number of hydrogen-bond donors (Lipinski definition) is 2. The predicted molar refractivity (Wildman–Crippen MR) is 140 cm³/mol. The van der Waals surface area contributed by atoms with Crippen LogP contribution in [0.3, 0.4) is 0 Å². The molecular weight excluding hydrogens is 510 g/mol. The average Bonchev–Trinajstić information content (AvgIpc) is 3.34. The van der Waals surface area contributed by atoms with Crippen molar-refractivity contribution >= 4 is 10.9 Å². The molecule has 0 saturated heterocycles. The number of nitrogens with one attached hydrogen (secondary N) is 1. The number of hydrogen-bond acceptors (Lipinski definition) is 10. The first kappa shape index (κ1) is 27.1. The highest BCUT2D eigenvalue weighted by Crippen LogP contribution is 2.36. The topological polar surface area (TPSA) is 143 Å². The van der Waals surface area contributed by atoms with Gasteiger partial charge in [-0.2, -0.15) is 0 Å². The van der Waals surface area contributed by atoms with Crippen molar-refractivity contribution in [2.75, 3.05) is 20.8 Å². The smallest absolute Gasteiger partial charge is 0.201 e. The molecule has 0 unspecified atom stereocenters. The zero-order chi connectivity index (χ0) is 27.1. The van der Waals surface area contributed by atoms with E-state index in [-0.39, 0.29) is 6.42 Å². The van der Waals surface area contributed by atoms with Crippen LogP contribution in [-0.2, 0) is 22.0 Å². The number of rotatable bonds is 12. The highest BCUT2D eigenvalue weighted by atomic mass is 32.2. The Labute approximate surface area is 222 Å². The third kappa shape index (κ3) is 5.96. The van der Waals surface area contributed by atoms with Crippen LogP contribution in [0.2, 0.25) is 0 Å². The van der Waals surface area contributed by atoms with Crippen LogP contribution in [0, 0.1) is 6.92 Å². The molecule has 0 saturated carbocycles. The van der Waals surface area contributed by atoms with Crippen molar-refractivity contribution in [3.63, 3.8) is 0 Å². The van der Waals surface area contributed by atoms with Gasteiger partial charge in [-0.3, -0.25) is 9.55 Å². The van der Waals surface area contributed by atoms with Gasteiger partial charge >= 0.3 is 0 Å². The van der Waals surface area contributed by atoms with Gasteiger partial charge in [0.2, 0.25) is 10.9 Å². The summed E-state index contributed by atoms with van der Waals surface area (Å²) in [6, 6.07) is 8.24. The van der Waals surface area contributed by atoms with Crippen LogP contribution in [0.4, 0.5) is 0 Å². The van der Waals surface area contributed by atoms with Gasteiger partial charge in [-0.25, -0.2) is 23.1 Å². The summed E-state index contributed by atoms with van der Waals surface area (Å²) in [6.07, 6.45) is 5.93. The monoisotopic (exact) mass is 539 g/mol. The third-order valence-corrected chi connectivity index (χ3v) is 6.26. The second kappa shape index (κ2) is 12.5. The van der Waals surface area contributed by atoms with E-state index in [1.165, 1.54) is 0 Å². The van der Waals surface area contributed by atoms with E-state index in [0.717, 1.165) is 5.56 Å². The zero-order valence-electron chi connectivity index (χ0n) is 21.4. The van der Waals surface area contributed by atoms with Crippen molar-refractivity contribution in [2.24, 2.45) is 0 Å². The summed E-state index contributed by atoms with van der Waals surface area (Å²) in [5, 5.41) is 8.90. The Morgan fingerprint density at radius 1 is 1.00 bits per heavy atom. The molecule has 0 radical (unpaired) electrons. The number of ether oxygens (including phenoxy) is 3. The highest BCUT2D eigenvalue weighted by Gasteiger charge is 2.31. The maximum atomic E-state index is 11.9. The molecule has 13 heteroatoms. The van der Waals surface area contributed by atoms with Crippen molar-refractivity contribution in [3.8, 4) is 28.6 Å². The van der Waals surface area contributed by atoms with Crippen molar-refractivity contribution in [1.29, 1.82) is 0 Å². The SMILES string of the molecule is CCO[C@H](c1ncc(C)cn1)[C@H](Cc1nnc(-c2cccnc2)n1-c1c(OC)cccc1OC)N[SH](=O)=O. The summed E-state index contributed by atoms with van der Waals surface area (Å²) in [6.45, 7) is 3.99. The molecule has 4 aromatic rings. The van der Waals surface area contributed by atoms with E-state index < -0.39 is 23.0 Å². The molecule has 0 spiro atoms. The molecule has 2 atom stereocenters. The molecule has 0 bridgehead atoms. The summed E-state index contributed by atoms with van der Waals surface area (Å²) < 4.78 is 45.5. The molecule has 4 rings (SSSR count). The van der Waals surface area contributed by atoms with E-state index in [1.54, 1.807) is 67.8 Å². The number of benzene rings is 1. The van der Waals surface area contributed by atoms with Crippen molar-refractivity contribution in [2.45, 2.75) is 32.4 Å². The second-order valence-corrected chi connectivity index (χ2v) is 8.99. The Bertz CT molecular complexity index is 1400. The summed E-state index contributed by atoms with van der Waals surface area (Å²) >= 11 is 0. The van der Waals surface area contributed by atoms with Crippen molar-refractivity contribution in [1.82, 2.24) is 34.4 Å². The minimum Gasteiger partial charge on any atom is -0.494 e. The molecule has 1 aromatic carbocycles. The summed E-state index contributed by atoms with van der Waals surface area (Å²) in [4.78, 5) is 13.0. The normalized spacial score (nSPS) is 12.9. The first-order valence-electron chi connectivity index (χ1n) is 11.8. The lowest BCUT2D eigenvalue weighted by Gasteiger charge is -2.25. The molecule has 0 aliphatic rings. The van der Waals surface area contributed by atoms with E-state index >= 15 is 0 Å². The predicted octanol–water partition coefficient (Wildman–Crippen LogP) is 2.25. The molecule has 1 N–H and O–H groups in total. The van der Waals surface area contributed by atoms with E-state index in [0.29, 0.717) is 46.8 Å². The molecule has 38 heavy (non-hydrogen) atoms. The number of methoxy groups -OCH3 is 2. The largest absolute Gasteiger partial charge is 0.494 e. The minimum absolute atomic E-state index is 0.0830. The van der Waals surface area contributed by atoms with E-state index in [9.17, 15) is 8.42 Å². The maximum absolute atomic E-state index is 11.9. The van der Waals surface area contributed by atoms with Gasteiger partial charge in [0.1, 0.15) is 29.1 Å². The fraction of sp³-hybridized carbons (Fsp3) is 0.320. The number of aromatic nitrogens is 6. The molecule has 0 aliphatic heterocycles. The van der Waals surface area contributed by atoms with Crippen LogP contribution in [0.5, 0.6) is 11.5 Å². The lowest BCUT2D eigenvalue weighted by Crippen LogP contribution is -2.39. The van der Waals surface area contributed by atoms with Crippen LogP contribution in [-0.4, -0.2) is 65.0 Å². The Morgan fingerprint density at radius 3 is 2.29 bits per heavy atom. The van der Waals surface area contributed by atoms with Gasteiger partial charge < -0.3 is 14.2 Å². The minimum atomic E-state index is -3.00. The third-order valence-electron chi connectivity index (χ3n) is 5.72. The zero-order valence-corrected chi connectivity index (χ0v) is 22.3. The summed E-state index contributed by atoms with van der Waals surface area (Å²) in [5.74, 6) is 2.27. The fourth-order valence-corrected chi connectivity index (χ4v) is 4.57. The van der Waals surface area contributed by atoms with Crippen LogP contribution in [0.1, 0.15) is 30.2 Å². The molecule has 0 aliphatic carbocycles. The van der Waals surface area contributed by atoms with Gasteiger partial charge in [0.05, 0.1) is 20.3 Å². The lowest BCUT2D eigenvalue weighted by molar-refractivity contribution is 0.0325. The Kier molecular flexibility index (Phi) is 8.94. The Morgan fingerprint density at radius 2 is 1.71 bits per heavy atom. The maximum Gasteiger partial charge on any atom is 0.201 e. The quantitative estimate of drug-likeness (QED) is 0.257. The van der Waals surface area contributed by atoms with E-state index in [4.69, 9.17) is 14.2 Å². The molecule has 3 aromatic heterocycles. The van der Waals surface area contributed by atoms with Crippen molar-refractivity contribution < 1.29 is 22.6 Å². The number of nitrogens with zero attached hydrogens (tertiary/aromatic N) is 6. The van der Waals surface area contributed by atoms with Crippen LogP contribution in [0.25, 0.3) is 17.1 Å². The highest BCUT2D eigenvalue weighted by molar-refractivity contribution is 7.70. The van der Waals surface area contributed by atoms with Crippen LogP contribution >= 0.6 is 0 Å². The summed E-state index contributed by atoms with van der Waals surface area (Å²) in [7, 11) is 0.110. The van der Waals surface area contributed by atoms with E-state index in [1.807, 2.05) is 19.9 Å². The second-order valence-electron chi connectivity index (χ2n) is 8.22. The van der Waals surface area contributed by atoms with Gasteiger partial charge in [-0.1, -0.05) is 6.07 Å². The molecule has 3 heterocycles. The Balaban J connectivity index is 1.89. The van der Waals surface area contributed by atoms with Gasteiger partial charge in [0.15, 0.2) is 11.6 Å². The average molecular weight is 540 g/mol. The lowest BCUT2D eigenvalue weighted by atomic mass is 10.1. The van der Waals surface area contributed by atoms with Gasteiger partial charge in [0.25, 0.3) is 0 Å². The number of aryl methyl sites for hydroxylation is 1. The number of thiol groups is 1. The summed E-state index contributed by atoms with van der Waals surface area (Å²) in [5.41, 5.74) is 2.12.